The summed E-state index contributed by atoms with van der Waals surface area (Å²) in [6, 6.07) is -0.102. The first-order valence-electron chi connectivity index (χ1n) is 6.24. The van der Waals surface area contributed by atoms with Crippen molar-refractivity contribution in [3.63, 3.8) is 0 Å². The lowest BCUT2D eigenvalue weighted by atomic mass is 10.1. The largest absolute Gasteiger partial charge is 0.326 e. The third kappa shape index (κ3) is 2.44. The van der Waals surface area contributed by atoms with Crippen LogP contribution in [0.3, 0.4) is 0 Å². The molecule has 96 valence electrons. The van der Waals surface area contributed by atoms with Crippen LogP contribution >= 0.6 is 0 Å². The zero-order chi connectivity index (χ0) is 12.6. The Morgan fingerprint density at radius 3 is 2.00 bits per heavy atom. The number of hydrogen-bond acceptors (Lipinski definition) is 3. The second-order valence-electron chi connectivity index (χ2n) is 5.72. The van der Waals surface area contributed by atoms with Gasteiger partial charge in [0.1, 0.15) is 0 Å². The first-order chi connectivity index (χ1) is 7.89. The van der Waals surface area contributed by atoms with Gasteiger partial charge in [0, 0.05) is 44.7 Å². The molecule has 2 heterocycles. The number of carbonyl (C=O) groups is 2. The molecular weight excluding hydrogens is 218 g/mol. The highest BCUT2D eigenvalue weighted by molar-refractivity contribution is 5.98. The maximum atomic E-state index is 12.0. The van der Waals surface area contributed by atoms with Gasteiger partial charge in [-0.3, -0.25) is 14.6 Å². The standard InChI is InChI=1S/C12H21N3O2/c1-12(2,3)14-8-6-13(7-9-14)11(17)15-5-4-10(15)16/h4-9H2,1-3H3. The fourth-order valence-electron chi connectivity index (χ4n) is 2.26. The molecule has 5 nitrogen and oxygen atoms in total. The lowest BCUT2D eigenvalue weighted by Crippen LogP contribution is -2.59. The second-order valence-corrected chi connectivity index (χ2v) is 5.72. The van der Waals surface area contributed by atoms with Gasteiger partial charge in [-0.15, -0.1) is 0 Å². The smallest absolute Gasteiger partial charge is 0.322 e. The van der Waals surface area contributed by atoms with E-state index in [2.05, 4.69) is 25.7 Å². The van der Waals surface area contributed by atoms with Crippen LogP contribution in [-0.4, -0.2) is 64.9 Å². The number of rotatable bonds is 0. The first-order valence-corrected chi connectivity index (χ1v) is 6.24. The predicted molar refractivity (Wildman–Crippen MR) is 64.6 cm³/mol. The van der Waals surface area contributed by atoms with Crippen molar-refractivity contribution in [3.05, 3.63) is 0 Å². The quantitative estimate of drug-likeness (QED) is 0.586. The monoisotopic (exact) mass is 239 g/mol. The number of piperazine rings is 1. The van der Waals surface area contributed by atoms with E-state index >= 15 is 0 Å². The summed E-state index contributed by atoms with van der Waals surface area (Å²) in [4.78, 5) is 28.7. The molecule has 2 aliphatic rings. The molecule has 2 rings (SSSR count). The summed E-state index contributed by atoms with van der Waals surface area (Å²) in [5.74, 6) is -0.0340. The summed E-state index contributed by atoms with van der Waals surface area (Å²) in [5, 5.41) is 0. The Bertz CT molecular complexity index is 327. The number of β-lactam (4-membered cyclic amide) rings is 1. The van der Waals surface area contributed by atoms with Crippen LogP contribution in [0.1, 0.15) is 27.2 Å². The number of imide groups is 1. The van der Waals surface area contributed by atoms with Gasteiger partial charge in [0.2, 0.25) is 5.91 Å². The highest BCUT2D eigenvalue weighted by Gasteiger charge is 2.35. The third-order valence-electron chi connectivity index (χ3n) is 3.58. The molecule has 0 bridgehead atoms. The van der Waals surface area contributed by atoms with E-state index in [1.165, 1.54) is 4.90 Å². The van der Waals surface area contributed by atoms with Crippen LogP contribution in [0.25, 0.3) is 0 Å². The molecule has 0 aromatic rings. The minimum atomic E-state index is -0.102. The van der Waals surface area contributed by atoms with Crippen molar-refractivity contribution in [2.24, 2.45) is 0 Å². The average molecular weight is 239 g/mol. The van der Waals surface area contributed by atoms with Crippen molar-refractivity contribution in [1.29, 1.82) is 0 Å². The van der Waals surface area contributed by atoms with Crippen LogP contribution < -0.4 is 0 Å². The number of likely N-dealkylation sites (tertiary alicyclic amines) is 1. The Labute approximate surface area is 102 Å². The van der Waals surface area contributed by atoms with Crippen LogP contribution in [0, 0.1) is 0 Å². The van der Waals surface area contributed by atoms with E-state index in [0.717, 1.165) is 26.2 Å². The molecule has 0 aliphatic carbocycles. The second kappa shape index (κ2) is 4.29. The Balaban J connectivity index is 1.87. The molecule has 5 heteroatoms. The SMILES string of the molecule is CC(C)(C)N1CCN(C(=O)N2CCC2=O)CC1. The van der Waals surface area contributed by atoms with Crippen molar-refractivity contribution in [3.8, 4) is 0 Å². The van der Waals surface area contributed by atoms with Gasteiger partial charge in [-0.05, 0) is 20.8 Å². The van der Waals surface area contributed by atoms with Gasteiger partial charge in [0.05, 0.1) is 0 Å². The zero-order valence-electron chi connectivity index (χ0n) is 10.9. The molecule has 17 heavy (non-hydrogen) atoms. The van der Waals surface area contributed by atoms with Gasteiger partial charge in [0.25, 0.3) is 0 Å². The summed E-state index contributed by atoms with van der Waals surface area (Å²) in [6.07, 6.45) is 0.522. The van der Waals surface area contributed by atoms with Crippen molar-refractivity contribution in [2.75, 3.05) is 32.7 Å². The Morgan fingerprint density at radius 2 is 1.65 bits per heavy atom. The number of nitrogens with zero attached hydrogens (tertiary/aromatic N) is 3. The molecular formula is C12H21N3O2. The molecule has 0 atom stereocenters. The minimum Gasteiger partial charge on any atom is -0.322 e. The summed E-state index contributed by atoms with van der Waals surface area (Å²) in [6.45, 7) is 10.4. The molecule has 3 amide bonds. The lowest BCUT2D eigenvalue weighted by molar-refractivity contribution is -0.136. The normalized spacial score (nSPS) is 22.6. The summed E-state index contributed by atoms with van der Waals surface area (Å²) < 4.78 is 0. The zero-order valence-corrected chi connectivity index (χ0v) is 10.9. The van der Waals surface area contributed by atoms with Gasteiger partial charge >= 0.3 is 6.03 Å². The van der Waals surface area contributed by atoms with E-state index < -0.39 is 0 Å². The Morgan fingerprint density at radius 1 is 1.06 bits per heavy atom. The molecule has 0 aromatic carbocycles. The van der Waals surface area contributed by atoms with E-state index in [4.69, 9.17) is 0 Å². The fraction of sp³-hybridized carbons (Fsp3) is 0.833. The van der Waals surface area contributed by atoms with Gasteiger partial charge in [-0.1, -0.05) is 0 Å². The molecule has 0 spiro atoms. The predicted octanol–water partition coefficient (Wildman–Crippen LogP) is 0.755. The van der Waals surface area contributed by atoms with Crippen LogP contribution in [0.15, 0.2) is 0 Å². The summed E-state index contributed by atoms with van der Waals surface area (Å²) in [7, 11) is 0. The minimum absolute atomic E-state index is 0.0340. The number of hydrogen-bond donors (Lipinski definition) is 0. The van der Waals surface area contributed by atoms with E-state index in [1.54, 1.807) is 4.90 Å². The van der Waals surface area contributed by atoms with Crippen molar-refractivity contribution in [2.45, 2.75) is 32.7 Å². The average Bonchev–Trinajstić information content (AvgIpc) is 2.26. The molecule has 0 aromatic heterocycles. The fourth-order valence-corrected chi connectivity index (χ4v) is 2.26. The van der Waals surface area contributed by atoms with E-state index in [0.29, 0.717) is 13.0 Å². The van der Waals surface area contributed by atoms with Crippen LogP contribution in [0.5, 0.6) is 0 Å². The number of carbonyl (C=O) groups excluding carboxylic acids is 2. The van der Waals surface area contributed by atoms with E-state index in [1.807, 2.05) is 0 Å². The van der Waals surface area contributed by atoms with Crippen molar-refractivity contribution >= 4 is 11.9 Å². The van der Waals surface area contributed by atoms with Crippen LogP contribution in [0.2, 0.25) is 0 Å². The van der Waals surface area contributed by atoms with Gasteiger partial charge in [-0.25, -0.2) is 4.79 Å². The Hall–Kier alpha value is -1.10. The maximum absolute atomic E-state index is 12.0. The van der Waals surface area contributed by atoms with E-state index in [-0.39, 0.29) is 17.5 Å². The Kier molecular flexibility index (Phi) is 3.12. The topological polar surface area (TPSA) is 43.9 Å². The highest BCUT2D eigenvalue weighted by Crippen LogP contribution is 2.18. The summed E-state index contributed by atoms with van der Waals surface area (Å²) in [5.41, 5.74) is 0.154. The lowest BCUT2D eigenvalue weighted by Gasteiger charge is -2.44. The van der Waals surface area contributed by atoms with Crippen LogP contribution in [0.4, 0.5) is 4.79 Å². The van der Waals surface area contributed by atoms with Crippen molar-refractivity contribution in [1.82, 2.24) is 14.7 Å². The molecule has 2 fully saturated rings. The van der Waals surface area contributed by atoms with Crippen LogP contribution in [-0.2, 0) is 4.79 Å². The number of amides is 3. The van der Waals surface area contributed by atoms with E-state index in [9.17, 15) is 9.59 Å². The molecule has 2 saturated heterocycles. The van der Waals surface area contributed by atoms with Gasteiger partial charge in [-0.2, -0.15) is 0 Å². The molecule has 0 unspecified atom stereocenters. The molecule has 0 saturated carbocycles. The van der Waals surface area contributed by atoms with Gasteiger partial charge < -0.3 is 4.90 Å². The first kappa shape index (κ1) is 12.4. The van der Waals surface area contributed by atoms with Crippen molar-refractivity contribution < 1.29 is 9.59 Å². The molecule has 0 radical (unpaired) electrons. The maximum Gasteiger partial charge on any atom is 0.326 e. The third-order valence-corrected chi connectivity index (χ3v) is 3.58. The van der Waals surface area contributed by atoms with Gasteiger partial charge in [0.15, 0.2) is 0 Å². The molecule has 2 aliphatic heterocycles. The highest BCUT2D eigenvalue weighted by atomic mass is 16.2. The number of urea groups is 1. The summed E-state index contributed by atoms with van der Waals surface area (Å²) >= 11 is 0. The molecule has 0 N–H and O–H groups in total.